The zero-order valence-corrected chi connectivity index (χ0v) is 22.1. The van der Waals surface area contributed by atoms with Gasteiger partial charge in [0.15, 0.2) is 16.3 Å². The van der Waals surface area contributed by atoms with E-state index in [1.165, 1.54) is 10.9 Å². The molecule has 190 valence electrons. The number of rotatable bonds is 9. The van der Waals surface area contributed by atoms with E-state index in [1.54, 1.807) is 39.8 Å². The van der Waals surface area contributed by atoms with Crippen LogP contribution in [0, 0.1) is 0 Å². The van der Waals surface area contributed by atoms with Gasteiger partial charge in [-0.05, 0) is 54.4 Å². The number of fused-ring (bicyclic) bond motifs is 1. The number of nitrogens with one attached hydrogen (secondary N) is 1. The van der Waals surface area contributed by atoms with Crippen LogP contribution < -0.4 is 23.7 Å². The Balaban J connectivity index is 1.61. The SMILES string of the molecule is COc1ccc(N=c2scc(-c3cc(OC)c(OC)c(OC)c3)n2CCc2c[nH]c3ccccc23)cc1. The van der Waals surface area contributed by atoms with Crippen molar-refractivity contribution >= 4 is 27.9 Å². The first-order chi connectivity index (χ1) is 18.1. The number of nitrogens with zero attached hydrogens (tertiary/aromatic N) is 2. The van der Waals surface area contributed by atoms with Crippen molar-refractivity contribution in [3.63, 3.8) is 0 Å². The van der Waals surface area contributed by atoms with Gasteiger partial charge in [0.2, 0.25) is 5.75 Å². The van der Waals surface area contributed by atoms with E-state index < -0.39 is 0 Å². The smallest absolute Gasteiger partial charge is 0.203 e. The van der Waals surface area contributed by atoms with Gasteiger partial charge < -0.3 is 28.5 Å². The van der Waals surface area contributed by atoms with E-state index in [0.29, 0.717) is 17.2 Å². The summed E-state index contributed by atoms with van der Waals surface area (Å²) in [5.41, 5.74) is 5.25. The van der Waals surface area contributed by atoms with E-state index >= 15 is 0 Å². The molecule has 0 fully saturated rings. The minimum atomic E-state index is 0.567. The third kappa shape index (κ3) is 4.93. The lowest BCUT2D eigenvalue weighted by atomic mass is 10.1. The highest BCUT2D eigenvalue weighted by Crippen LogP contribution is 2.41. The molecule has 0 saturated heterocycles. The van der Waals surface area contributed by atoms with E-state index in [0.717, 1.165) is 46.0 Å². The molecule has 0 radical (unpaired) electrons. The molecule has 0 bridgehead atoms. The molecule has 1 N–H and O–H groups in total. The standard InChI is InChI=1S/C29H29N3O4S/c1-33-22-11-9-21(10-12-22)31-29-32(14-13-19-17-30-24-8-6-5-7-23(19)24)25(18-37-29)20-15-26(34-2)28(36-4)27(16-20)35-3/h5-12,15-18,30H,13-14H2,1-4H3. The number of hydrogen-bond acceptors (Lipinski definition) is 6. The molecule has 0 amide bonds. The number of hydrogen-bond donors (Lipinski definition) is 1. The van der Waals surface area contributed by atoms with Gasteiger partial charge in [0, 0.05) is 34.6 Å². The van der Waals surface area contributed by atoms with E-state index in [-0.39, 0.29) is 0 Å². The van der Waals surface area contributed by atoms with E-state index in [2.05, 4.69) is 39.3 Å². The van der Waals surface area contributed by atoms with Gasteiger partial charge in [-0.3, -0.25) is 0 Å². The molecule has 0 aliphatic rings. The highest BCUT2D eigenvalue weighted by Gasteiger charge is 2.17. The van der Waals surface area contributed by atoms with Crippen molar-refractivity contribution in [2.45, 2.75) is 13.0 Å². The predicted octanol–water partition coefficient (Wildman–Crippen LogP) is 6.21. The van der Waals surface area contributed by atoms with Crippen molar-refractivity contribution < 1.29 is 18.9 Å². The Morgan fingerprint density at radius 3 is 2.27 bits per heavy atom. The second kappa shape index (κ2) is 10.8. The first-order valence-electron chi connectivity index (χ1n) is 11.9. The maximum Gasteiger partial charge on any atom is 0.203 e. The van der Waals surface area contributed by atoms with E-state index in [9.17, 15) is 0 Å². The largest absolute Gasteiger partial charge is 0.497 e. The fourth-order valence-electron chi connectivity index (χ4n) is 4.43. The summed E-state index contributed by atoms with van der Waals surface area (Å²) in [6.45, 7) is 0.742. The number of ether oxygens (including phenoxy) is 4. The van der Waals surface area contributed by atoms with Gasteiger partial charge in [0.25, 0.3) is 0 Å². The highest BCUT2D eigenvalue weighted by molar-refractivity contribution is 7.07. The molecule has 5 rings (SSSR count). The first kappa shape index (κ1) is 24.5. The summed E-state index contributed by atoms with van der Waals surface area (Å²) < 4.78 is 24.3. The second-order valence-electron chi connectivity index (χ2n) is 8.39. The first-order valence-corrected chi connectivity index (χ1v) is 12.8. The Morgan fingerprint density at radius 2 is 1.59 bits per heavy atom. The summed E-state index contributed by atoms with van der Waals surface area (Å²) in [6, 6.07) is 20.1. The van der Waals surface area contributed by atoms with Gasteiger partial charge in [-0.1, -0.05) is 18.2 Å². The summed E-state index contributed by atoms with van der Waals surface area (Å²) in [7, 11) is 6.53. The number of aromatic nitrogens is 2. The van der Waals surface area contributed by atoms with Crippen LogP contribution in [0.2, 0.25) is 0 Å². The second-order valence-corrected chi connectivity index (χ2v) is 9.23. The average Bonchev–Trinajstić information content (AvgIpc) is 3.55. The number of aryl methyl sites for hydroxylation is 1. The van der Waals surface area contributed by atoms with Crippen molar-refractivity contribution in [2.75, 3.05) is 28.4 Å². The van der Waals surface area contributed by atoms with Gasteiger partial charge >= 0.3 is 0 Å². The molecule has 7 nitrogen and oxygen atoms in total. The zero-order chi connectivity index (χ0) is 25.8. The van der Waals surface area contributed by atoms with Crippen LogP contribution in [0.3, 0.4) is 0 Å². The Bertz CT molecular complexity index is 1560. The molecule has 3 aromatic carbocycles. The van der Waals surface area contributed by atoms with Gasteiger partial charge in [0.1, 0.15) is 5.75 Å². The Kier molecular flexibility index (Phi) is 7.18. The molecule has 0 atom stereocenters. The molecular formula is C29H29N3O4S. The maximum absolute atomic E-state index is 5.62. The fourth-order valence-corrected chi connectivity index (χ4v) is 5.39. The number of benzene rings is 3. The molecule has 5 aromatic rings. The molecule has 0 spiro atoms. The maximum atomic E-state index is 5.62. The van der Waals surface area contributed by atoms with E-state index in [4.69, 9.17) is 23.9 Å². The van der Waals surface area contributed by atoms with Crippen LogP contribution in [0.15, 0.2) is 77.2 Å². The minimum absolute atomic E-state index is 0.567. The normalized spacial score (nSPS) is 11.6. The third-order valence-electron chi connectivity index (χ3n) is 6.33. The summed E-state index contributed by atoms with van der Waals surface area (Å²) in [6.07, 6.45) is 2.94. The van der Waals surface area contributed by atoms with Crippen LogP contribution in [0.5, 0.6) is 23.0 Å². The van der Waals surface area contributed by atoms with Gasteiger partial charge in [-0.25, -0.2) is 4.99 Å². The summed E-state index contributed by atoms with van der Waals surface area (Å²) in [5, 5.41) is 3.36. The Morgan fingerprint density at radius 1 is 0.865 bits per heavy atom. The van der Waals surface area contributed by atoms with Crippen molar-refractivity contribution in [2.24, 2.45) is 4.99 Å². The third-order valence-corrected chi connectivity index (χ3v) is 7.20. The number of thiazole rings is 1. The monoisotopic (exact) mass is 515 g/mol. The molecule has 0 saturated carbocycles. The quantitative estimate of drug-likeness (QED) is 0.253. The van der Waals surface area contributed by atoms with Crippen molar-refractivity contribution in [1.29, 1.82) is 0 Å². The topological polar surface area (TPSA) is 70.0 Å². The van der Waals surface area contributed by atoms with Crippen LogP contribution in [-0.4, -0.2) is 38.0 Å². The van der Waals surface area contributed by atoms with E-state index in [1.807, 2.05) is 42.5 Å². The number of methoxy groups -OCH3 is 4. The molecular weight excluding hydrogens is 486 g/mol. The van der Waals surface area contributed by atoms with Crippen LogP contribution in [-0.2, 0) is 13.0 Å². The zero-order valence-electron chi connectivity index (χ0n) is 21.3. The van der Waals surface area contributed by atoms with Crippen molar-refractivity contribution in [1.82, 2.24) is 9.55 Å². The summed E-state index contributed by atoms with van der Waals surface area (Å²) >= 11 is 1.60. The van der Waals surface area contributed by atoms with Crippen LogP contribution in [0.25, 0.3) is 22.2 Å². The number of para-hydroxylation sites is 1. The summed E-state index contributed by atoms with van der Waals surface area (Å²) in [5.74, 6) is 2.59. The van der Waals surface area contributed by atoms with Crippen LogP contribution in [0.1, 0.15) is 5.56 Å². The van der Waals surface area contributed by atoms with Crippen LogP contribution in [0.4, 0.5) is 5.69 Å². The predicted molar refractivity (Wildman–Crippen MR) is 148 cm³/mol. The Hall–Kier alpha value is -4.17. The van der Waals surface area contributed by atoms with Gasteiger partial charge in [-0.2, -0.15) is 0 Å². The van der Waals surface area contributed by atoms with Gasteiger partial charge in [-0.15, -0.1) is 11.3 Å². The average molecular weight is 516 g/mol. The Labute approximate surface area is 219 Å². The lowest BCUT2D eigenvalue weighted by molar-refractivity contribution is 0.324. The minimum Gasteiger partial charge on any atom is -0.497 e. The molecule has 37 heavy (non-hydrogen) atoms. The number of aromatic amines is 1. The molecule has 2 aromatic heterocycles. The fraction of sp³-hybridized carbons (Fsp3) is 0.207. The molecule has 0 aliphatic heterocycles. The molecule has 8 heteroatoms. The molecule has 0 unspecified atom stereocenters. The van der Waals surface area contributed by atoms with Crippen LogP contribution >= 0.6 is 11.3 Å². The number of H-pyrrole nitrogens is 1. The van der Waals surface area contributed by atoms with Crippen molar-refractivity contribution in [3.8, 4) is 34.3 Å². The van der Waals surface area contributed by atoms with Gasteiger partial charge in [0.05, 0.1) is 39.8 Å². The summed E-state index contributed by atoms with van der Waals surface area (Å²) in [4.78, 5) is 9.26. The molecule has 2 heterocycles. The highest BCUT2D eigenvalue weighted by atomic mass is 32.1. The lowest BCUT2D eigenvalue weighted by Gasteiger charge is -2.15. The lowest BCUT2D eigenvalue weighted by Crippen LogP contribution is -2.17. The van der Waals surface area contributed by atoms with Crippen molar-refractivity contribution in [3.05, 3.63) is 82.6 Å². The molecule has 0 aliphatic carbocycles.